The molecule has 21 heavy (non-hydrogen) atoms. The lowest BCUT2D eigenvalue weighted by molar-refractivity contribution is 0.982. The van der Waals surface area contributed by atoms with E-state index in [0.29, 0.717) is 21.4 Å². The Bertz CT molecular complexity index is 878. The van der Waals surface area contributed by atoms with Crippen LogP contribution in [0.4, 0.5) is 0 Å². The molecule has 0 saturated heterocycles. The number of nitrogens with zero attached hydrogens (tertiary/aromatic N) is 3. The minimum absolute atomic E-state index is 0.239. The molecule has 6 heteroatoms. The van der Waals surface area contributed by atoms with Gasteiger partial charge in [0.1, 0.15) is 5.82 Å². The van der Waals surface area contributed by atoms with Gasteiger partial charge < -0.3 is 0 Å². The zero-order chi connectivity index (χ0) is 15.0. The quantitative estimate of drug-likeness (QED) is 0.622. The lowest BCUT2D eigenvalue weighted by Gasteiger charge is -2.10. The van der Waals surface area contributed by atoms with Crippen LogP contribution in [0, 0.1) is 11.3 Å². The summed E-state index contributed by atoms with van der Waals surface area (Å²) in [5, 5.41) is 9.99. The summed E-state index contributed by atoms with van der Waals surface area (Å²) in [5.74, 6) is 0.906. The second-order valence-corrected chi connectivity index (χ2v) is 5.52. The lowest BCUT2D eigenvalue weighted by atomic mass is 10.2. The van der Waals surface area contributed by atoms with E-state index in [1.165, 1.54) is 0 Å². The van der Waals surface area contributed by atoms with Crippen LogP contribution in [0.3, 0.4) is 0 Å². The van der Waals surface area contributed by atoms with Crippen LogP contribution in [0.15, 0.2) is 36.4 Å². The van der Waals surface area contributed by atoms with Gasteiger partial charge in [-0.1, -0.05) is 23.2 Å². The van der Waals surface area contributed by atoms with Gasteiger partial charge in [0.15, 0.2) is 0 Å². The molecule has 3 aromatic rings. The van der Waals surface area contributed by atoms with Gasteiger partial charge in [-0.2, -0.15) is 5.26 Å². The summed E-state index contributed by atoms with van der Waals surface area (Å²) in [6.45, 7) is 0. The van der Waals surface area contributed by atoms with E-state index in [1.807, 2.05) is 16.7 Å². The Morgan fingerprint density at radius 3 is 2.62 bits per heavy atom. The Kier molecular flexibility index (Phi) is 3.77. The average Bonchev–Trinajstić information content (AvgIpc) is 2.84. The number of aromatic nitrogens is 2. The third-order valence-electron chi connectivity index (χ3n) is 3.12. The molecule has 1 aromatic heterocycles. The van der Waals surface area contributed by atoms with Crippen LogP contribution in [0.5, 0.6) is 0 Å². The standard InChI is InChI=1S/C15H8Cl3N3/c16-7-15-20-12-3-2-10(17)6-14(12)21(15)13-4-1-9(8-19)5-11(13)18/h1-6H,7H2. The maximum absolute atomic E-state index is 8.93. The Balaban J connectivity index is 2.33. The van der Waals surface area contributed by atoms with Crippen LogP contribution < -0.4 is 0 Å². The monoisotopic (exact) mass is 335 g/mol. The van der Waals surface area contributed by atoms with Crippen molar-refractivity contribution in [3.8, 4) is 11.8 Å². The highest BCUT2D eigenvalue weighted by Crippen LogP contribution is 2.29. The number of alkyl halides is 1. The van der Waals surface area contributed by atoms with Crippen molar-refractivity contribution in [2.45, 2.75) is 5.88 Å². The minimum atomic E-state index is 0.239. The number of rotatable bonds is 2. The van der Waals surface area contributed by atoms with E-state index < -0.39 is 0 Å². The van der Waals surface area contributed by atoms with Crippen molar-refractivity contribution >= 4 is 45.8 Å². The second-order valence-electron chi connectivity index (χ2n) is 4.41. The van der Waals surface area contributed by atoms with Gasteiger partial charge in [-0.05, 0) is 36.4 Å². The third-order valence-corrected chi connectivity index (χ3v) is 3.90. The zero-order valence-corrected chi connectivity index (χ0v) is 12.9. The predicted octanol–water partition coefficient (Wildman–Crippen LogP) is 4.94. The molecule has 0 radical (unpaired) electrons. The number of imidazole rings is 1. The number of benzene rings is 2. The highest BCUT2D eigenvalue weighted by atomic mass is 35.5. The molecule has 0 aliphatic heterocycles. The smallest absolute Gasteiger partial charge is 0.129 e. The van der Waals surface area contributed by atoms with Gasteiger partial charge in [-0.15, -0.1) is 11.6 Å². The van der Waals surface area contributed by atoms with Gasteiger partial charge >= 0.3 is 0 Å². The van der Waals surface area contributed by atoms with Gasteiger partial charge in [0.2, 0.25) is 0 Å². The maximum Gasteiger partial charge on any atom is 0.129 e. The van der Waals surface area contributed by atoms with E-state index in [-0.39, 0.29) is 5.88 Å². The first-order valence-electron chi connectivity index (χ1n) is 6.07. The number of nitriles is 1. The van der Waals surface area contributed by atoms with E-state index in [4.69, 9.17) is 40.1 Å². The Hall–Kier alpha value is -1.73. The lowest BCUT2D eigenvalue weighted by Crippen LogP contribution is -2.00. The molecule has 0 unspecified atom stereocenters. The highest BCUT2D eigenvalue weighted by Gasteiger charge is 2.14. The van der Waals surface area contributed by atoms with Crippen molar-refractivity contribution in [3.63, 3.8) is 0 Å². The third kappa shape index (κ3) is 2.47. The number of hydrogen-bond donors (Lipinski definition) is 0. The summed E-state index contributed by atoms with van der Waals surface area (Å²) in [5.41, 5.74) is 2.83. The molecular formula is C15H8Cl3N3. The number of fused-ring (bicyclic) bond motifs is 1. The van der Waals surface area contributed by atoms with Crippen molar-refractivity contribution in [3.05, 3.63) is 57.8 Å². The van der Waals surface area contributed by atoms with E-state index in [2.05, 4.69) is 11.1 Å². The highest BCUT2D eigenvalue weighted by molar-refractivity contribution is 6.33. The zero-order valence-electron chi connectivity index (χ0n) is 10.6. The summed E-state index contributed by atoms with van der Waals surface area (Å²) in [4.78, 5) is 4.48. The van der Waals surface area contributed by atoms with Gasteiger partial charge in [0.05, 0.1) is 39.3 Å². The Morgan fingerprint density at radius 2 is 1.95 bits per heavy atom. The van der Waals surface area contributed by atoms with Gasteiger partial charge in [-0.25, -0.2) is 4.98 Å². The Labute approximate surface area is 136 Å². The number of hydrogen-bond acceptors (Lipinski definition) is 2. The van der Waals surface area contributed by atoms with Crippen LogP contribution in [-0.2, 0) is 5.88 Å². The molecule has 0 atom stereocenters. The maximum atomic E-state index is 8.93. The van der Waals surface area contributed by atoms with Crippen LogP contribution in [0.2, 0.25) is 10.0 Å². The largest absolute Gasteiger partial charge is 0.294 e. The molecule has 0 spiro atoms. The van der Waals surface area contributed by atoms with E-state index in [9.17, 15) is 0 Å². The van der Waals surface area contributed by atoms with E-state index >= 15 is 0 Å². The average molecular weight is 337 g/mol. The molecule has 0 aliphatic rings. The molecule has 0 N–H and O–H groups in total. The van der Waals surface area contributed by atoms with Crippen LogP contribution in [0.25, 0.3) is 16.7 Å². The molecule has 2 aromatic carbocycles. The van der Waals surface area contributed by atoms with Crippen LogP contribution in [-0.4, -0.2) is 9.55 Å². The molecule has 0 fully saturated rings. The molecule has 0 aliphatic carbocycles. The van der Waals surface area contributed by atoms with Crippen LogP contribution in [0.1, 0.15) is 11.4 Å². The molecule has 104 valence electrons. The van der Waals surface area contributed by atoms with Crippen molar-refractivity contribution in [2.75, 3.05) is 0 Å². The summed E-state index contributed by atoms with van der Waals surface area (Å²) < 4.78 is 1.86. The first kappa shape index (κ1) is 14.2. The predicted molar refractivity (Wildman–Crippen MR) is 85.4 cm³/mol. The summed E-state index contributed by atoms with van der Waals surface area (Å²) >= 11 is 18.4. The van der Waals surface area contributed by atoms with Gasteiger partial charge in [-0.3, -0.25) is 4.57 Å². The van der Waals surface area contributed by atoms with Gasteiger partial charge in [0, 0.05) is 5.02 Å². The summed E-state index contributed by atoms with van der Waals surface area (Å²) in [6, 6.07) is 12.6. The summed E-state index contributed by atoms with van der Waals surface area (Å²) in [7, 11) is 0. The van der Waals surface area contributed by atoms with E-state index in [1.54, 1.807) is 24.3 Å². The molecule has 0 saturated carbocycles. The van der Waals surface area contributed by atoms with Crippen molar-refractivity contribution in [1.29, 1.82) is 5.26 Å². The fourth-order valence-electron chi connectivity index (χ4n) is 2.21. The van der Waals surface area contributed by atoms with Crippen molar-refractivity contribution < 1.29 is 0 Å². The fourth-order valence-corrected chi connectivity index (χ4v) is 2.83. The van der Waals surface area contributed by atoms with Crippen molar-refractivity contribution in [2.24, 2.45) is 0 Å². The second kappa shape index (κ2) is 5.57. The molecule has 1 heterocycles. The summed E-state index contributed by atoms with van der Waals surface area (Å²) in [6.07, 6.45) is 0. The van der Waals surface area contributed by atoms with Crippen LogP contribution >= 0.6 is 34.8 Å². The number of halogens is 3. The minimum Gasteiger partial charge on any atom is -0.294 e. The molecule has 3 rings (SSSR count). The van der Waals surface area contributed by atoms with Crippen molar-refractivity contribution in [1.82, 2.24) is 9.55 Å². The molecule has 0 bridgehead atoms. The normalized spacial score (nSPS) is 10.8. The first-order valence-corrected chi connectivity index (χ1v) is 7.36. The first-order chi connectivity index (χ1) is 10.1. The molecular weight excluding hydrogens is 329 g/mol. The van der Waals surface area contributed by atoms with E-state index in [0.717, 1.165) is 16.7 Å². The fraction of sp³-hybridized carbons (Fsp3) is 0.0667. The molecule has 0 amide bonds. The van der Waals surface area contributed by atoms with Gasteiger partial charge in [0.25, 0.3) is 0 Å². The SMILES string of the molecule is N#Cc1ccc(-n2c(CCl)nc3ccc(Cl)cc32)c(Cl)c1. The molecule has 3 nitrogen and oxygen atoms in total. The topological polar surface area (TPSA) is 41.6 Å². The Morgan fingerprint density at radius 1 is 1.14 bits per heavy atom.